The van der Waals surface area contributed by atoms with Crippen LogP contribution >= 0.6 is 11.6 Å². The van der Waals surface area contributed by atoms with E-state index < -0.39 is 0 Å². The molecule has 0 fully saturated rings. The van der Waals surface area contributed by atoms with Crippen molar-refractivity contribution in [2.24, 2.45) is 0 Å². The second-order valence-electron chi connectivity index (χ2n) is 2.17. The molecule has 5 heteroatoms. The number of halogens is 1. The molecule has 0 aliphatic carbocycles. The summed E-state index contributed by atoms with van der Waals surface area (Å²) in [5, 5.41) is 0.527. The van der Waals surface area contributed by atoms with Crippen molar-refractivity contribution < 1.29 is 0 Å². The van der Waals surface area contributed by atoms with E-state index in [1.54, 1.807) is 35.7 Å². The molecule has 0 aromatic carbocycles. The van der Waals surface area contributed by atoms with Gasteiger partial charge in [0, 0.05) is 12.4 Å². The van der Waals surface area contributed by atoms with Crippen LogP contribution in [0.3, 0.4) is 0 Å². The summed E-state index contributed by atoms with van der Waals surface area (Å²) in [6, 6.07) is 0. The lowest BCUT2D eigenvalue weighted by Gasteiger charge is -1.97. The molecule has 12 heavy (non-hydrogen) atoms. The van der Waals surface area contributed by atoms with Crippen LogP contribution in [0.2, 0.25) is 5.02 Å². The molecule has 4 nitrogen and oxygen atoms in total. The molecule has 0 aliphatic heterocycles. The molecule has 2 heterocycles. The average molecular weight is 181 g/mol. The Labute approximate surface area is 73.9 Å². The molecule has 2 rings (SSSR count). The predicted molar refractivity (Wildman–Crippen MR) is 44.2 cm³/mol. The first-order valence-electron chi connectivity index (χ1n) is 3.32. The van der Waals surface area contributed by atoms with Gasteiger partial charge in [-0.3, -0.25) is 4.57 Å². The maximum absolute atomic E-state index is 5.62. The Hall–Kier alpha value is -1.42. The van der Waals surface area contributed by atoms with E-state index in [0.29, 0.717) is 11.0 Å². The standard InChI is InChI=1S/C7H5ClN4/c8-6-3-10-7(11-4-6)12-2-1-9-5-12/h1-5H. The molecule has 0 saturated heterocycles. The lowest BCUT2D eigenvalue weighted by molar-refractivity contribution is 0.925. The molecule has 60 valence electrons. The minimum atomic E-state index is 0.527. The molecule has 0 bridgehead atoms. The van der Waals surface area contributed by atoms with Gasteiger partial charge in [0.05, 0.1) is 17.4 Å². The van der Waals surface area contributed by atoms with E-state index in [2.05, 4.69) is 15.0 Å². The minimum absolute atomic E-state index is 0.527. The van der Waals surface area contributed by atoms with Crippen molar-refractivity contribution in [3.8, 4) is 5.95 Å². The van der Waals surface area contributed by atoms with Crippen LogP contribution in [0.25, 0.3) is 5.95 Å². The molecule has 0 atom stereocenters. The zero-order valence-electron chi connectivity index (χ0n) is 6.05. The Kier molecular flexibility index (Phi) is 1.75. The van der Waals surface area contributed by atoms with E-state index in [4.69, 9.17) is 11.6 Å². The summed E-state index contributed by atoms with van der Waals surface area (Å²) < 4.78 is 1.70. The summed E-state index contributed by atoms with van der Waals surface area (Å²) in [5.74, 6) is 0.567. The number of hydrogen-bond donors (Lipinski definition) is 0. The highest BCUT2D eigenvalue weighted by atomic mass is 35.5. The van der Waals surface area contributed by atoms with E-state index in [1.165, 1.54) is 0 Å². The van der Waals surface area contributed by atoms with E-state index in [1.807, 2.05) is 0 Å². The van der Waals surface area contributed by atoms with Crippen molar-refractivity contribution in [1.29, 1.82) is 0 Å². The second-order valence-corrected chi connectivity index (χ2v) is 2.61. The van der Waals surface area contributed by atoms with Crippen LogP contribution in [0.5, 0.6) is 0 Å². The lowest BCUT2D eigenvalue weighted by Crippen LogP contribution is -1.96. The Bertz CT molecular complexity index is 353. The van der Waals surface area contributed by atoms with Crippen molar-refractivity contribution in [2.75, 3.05) is 0 Å². The fraction of sp³-hybridized carbons (Fsp3) is 0. The number of aromatic nitrogens is 4. The third kappa shape index (κ3) is 1.29. The first-order chi connectivity index (χ1) is 5.86. The van der Waals surface area contributed by atoms with Gasteiger partial charge >= 0.3 is 0 Å². The number of hydrogen-bond acceptors (Lipinski definition) is 3. The van der Waals surface area contributed by atoms with Crippen LogP contribution in [0.15, 0.2) is 31.1 Å². The largest absolute Gasteiger partial charge is 0.274 e. The third-order valence-electron chi connectivity index (χ3n) is 1.34. The first-order valence-corrected chi connectivity index (χ1v) is 3.70. The molecule has 0 aliphatic rings. The highest BCUT2D eigenvalue weighted by Gasteiger charge is 1.96. The van der Waals surface area contributed by atoms with Crippen molar-refractivity contribution in [1.82, 2.24) is 19.5 Å². The van der Waals surface area contributed by atoms with E-state index in [9.17, 15) is 0 Å². The van der Waals surface area contributed by atoms with Crippen molar-refractivity contribution in [3.05, 3.63) is 36.1 Å². The summed E-state index contributed by atoms with van der Waals surface area (Å²) in [5.41, 5.74) is 0. The van der Waals surface area contributed by atoms with Crippen molar-refractivity contribution in [3.63, 3.8) is 0 Å². The Morgan fingerprint density at radius 1 is 1.25 bits per heavy atom. The summed E-state index contributed by atoms with van der Waals surface area (Å²) in [6.45, 7) is 0. The molecular formula is C7H5ClN4. The van der Waals surface area contributed by atoms with Crippen LogP contribution in [-0.2, 0) is 0 Å². The van der Waals surface area contributed by atoms with Crippen LogP contribution in [0.4, 0.5) is 0 Å². The van der Waals surface area contributed by atoms with E-state index >= 15 is 0 Å². The van der Waals surface area contributed by atoms with Gasteiger partial charge < -0.3 is 0 Å². The van der Waals surface area contributed by atoms with Gasteiger partial charge in [0.1, 0.15) is 6.33 Å². The molecule has 0 amide bonds. The second kappa shape index (κ2) is 2.91. The van der Waals surface area contributed by atoms with Gasteiger partial charge in [-0.25, -0.2) is 15.0 Å². The maximum Gasteiger partial charge on any atom is 0.234 e. The molecule has 0 saturated carbocycles. The summed E-state index contributed by atoms with van der Waals surface area (Å²) in [7, 11) is 0. The summed E-state index contributed by atoms with van der Waals surface area (Å²) in [4.78, 5) is 11.9. The van der Waals surface area contributed by atoms with Crippen LogP contribution in [0, 0.1) is 0 Å². The van der Waals surface area contributed by atoms with Gasteiger partial charge in [-0.2, -0.15) is 0 Å². The normalized spacial score (nSPS) is 10.1. The highest BCUT2D eigenvalue weighted by Crippen LogP contribution is 2.05. The number of imidazole rings is 1. The zero-order chi connectivity index (χ0) is 8.39. The van der Waals surface area contributed by atoms with Gasteiger partial charge in [0.15, 0.2) is 0 Å². The lowest BCUT2D eigenvalue weighted by atomic mass is 10.6. The molecule has 0 spiro atoms. The van der Waals surface area contributed by atoms with Gasteiger partial charge in [-0.05, 0) is 0 Å². The highest BCUT2D eigenvalue weighted by molar-refractivity contribution is 6.30. The Balaban J connectivity index is 2.43. The SMILES string of the molecule is Clc1cnc(-n2ccnc2)nc1. The molecule has 0 unspecified atom stereocenters. The first kappa shape index (κ1) is 7.24. The molecule has 2 aromatic rings. The van der Waals surface area contributed by atoms with Gasteiger partial charge in [0.25, 0.3) is 0 Å². The number of rotatable bonds is 1. The molecule has 0 radical (unpaired) electrons. The Morgan fingerprint density at radius 2 is 2.00 bits per heavy atom. The van der Waals surface area contributed by atoms with Crippen LogP contribution < -0.4 is 0 Å². The fourth-order valence-corrected chi connectivity index (χ4v) is 0.914. The van der Waals surface area contributed by atoms with E-state index in [-0.39, 0.29) is 0 Å². The van der Waals surface area contributed by atoms with Gasteiger partial charge in [0.2, 0.25) is 5.95 Å². The number of nitrogens with zero attached hydrogens (tertiary/aromatic N) is 4. The topological polar surface area (TPSA) is 43.6 Å². The van der Waals surface area contributed by atoms with Crippen LogP contribution in [-0.4, -0.2) is 19.5 Å². The van der Waals surface area contributed by atoms with E-state index in [0.717, 1.165) is 0 Å². The van der Waals surface area contributed by atoms with Crippen LogP contribution in [0.1, 0.15) is 0 Å². The van der Waals surface area contributed by atoms with Gasteiger partial charge in [-0.1, -0.05) is 11.6 Å². The fourth-order valence-electron chi connectivity index (χ4n) is 0.816. The smallest absolute Gasteiger partial charge is 0.234 e. The summed E-state index contributed by atoms with van der Waals surface area (Å²) in [6.07, 6.45) is 8.15. The van der Waals surface area contributed by atoms with Crippen molar-refractivity contribution in [2.45, 2.75) is 0 Å². The summed E-state index contributed by atoms with van der Waals surface area (Å²) >= 11 is 5.62. The minimum Gasteiger partial charge on any atom is -0.274 e. The third-order valence-corrected chi connectivity index (χ3v) is 1.54. The monoisotopic (exact) mass is 180 g/mol. The molecule has 2 aromatic heterocycles. The molecule has 0 N–H and O–H groups in total. The zero-order valence-corrected chi connectivity index (χ0v) is 6.81. The molecular weight excluding hydrogens is 176 g/mol. The quantitative estimate of drug-likeness (QED) is 0.665. The maximum atomic E-state index is 5.62. The Morgan fingerprint density at radius 3 is 2.58 bits per heavy atom. The predicted octanol–water partition coefficient (Wildman–Crippen LogP) is 1.32. The van der Waals surface area contributed by atoms with Gasteiger partial charge in [-0.15, -0.1) is 0 Å². The van der Waals surface area contributed by atoms with Crippen molar-refractivity contribution >= 4 is 11.6 Å². The average Bonchev–Trinajstić information content (AvgIpc) is 2.58.